The summed E-state index contributed by atoms with van der Waals surface area (Å²) in [7, 11) is -0.801. The van der Waals surface area contributed by atoms with Crippen LogP contribution < -0.4 is 0 Å². The minimum Gasteiger partial charge on any atom is -0.435 e. The highest BCUT2D eigenvalue weighted by Gasteiger charge is 2.14. The summed E-state index contributed by atoms with van der Waals surface area (Å²) >= 11 is 0. The third-order valence-electron chi connectivity index (χ3n) is 0.937. The molecule has 0 spiro atoms. The second kappa shape index (κ2) is 7.23. The summed E-state index contributed by atoms with van der Waals surface area (Å²) in [5, 5.41) is 0. The lowest BCUT2D eigenvalue weighted by molar-refractivity contribution is 0.446. The van der Waals surface area contributed by atoms with Gasteiger partial charge < -0.3 is 8.23 Å². The summed E-state index contributed by atoms with van der Waals surface area (Å²) in [5.74, 6) is 0. The van der Waals surface area contributed by atoms with Gasteiger partial charge in [0.15, 0.2) is 9.04 Å². The van der Waals surface area contributed by atoms with Crippen LogP contribution in [0, 0.1) is 0 Å². The molecule has 0 aliphatic rings. The third-order valence-corrected chi connectivity index (χ3v) is 5.83. The molecule has 11 heavy (non-hydrogen) atoms. The van der Waals surface area contributed by atoms with Crippen LogP contribution in [0.25, 0.3) is 0 Å². The second-order valence-electron chi connectivity index (χ2n) is 2.34. The Balaban J connectivity index is 3.41. The van der Waals surface area contributed by atoms with E-state index in [9.17, 15) is 0 Å². The van der Waals surface area contributed by atoms with Crippen molar-refractivity contribution in [3.05, 3.63) is 0 Å². The molecule has 0 atom stereocenters. The van der Waals surface area contributed by atoms with Crippen LogP contribution in [0.4, 0.5) is 0 Å². The maximum Gasteiger partial charge on any atom is 0.362 e. The van der Waals surface area contributed by atoms with Gasteiger partial charge in [-0.3, -0.25) is 0 Å². The molecule has 0 heterocycles. The first kappa shape index (κ1) is 11.6. The van der Waals surface area contributed by atoms with Crippen molar-refractivity contribution in [1.29, 1.82) is 0 Å². The molecule has 0 saturated carbocycles. The van der Waals surface area contributed by atoms with E-state index in [0.717, 1.165) is 12.1 Å². The van der Waals surface area contributed by atoms with Gasteiger partial charge in [0.1, 0.15) is 0 Å². The first-order valence-corrected chi connectivity index (χ1v) is 8.99. The maximum absolute atomic E-state index is 5.69. The predicted molar refractivity (Wildman–Crippen MR) is 52.1 cm³/mol. The molecule has 0 aromatic heterocycles. The van der Waals surface area contributed by atoms with Gasteiger partial charge >= 0.3 is 9.28 Å². The average Bonchev–Trinajstić information content (AvgIpc) is 1.97. The summed E-state index contributed by atoms with van der Waals surface area (Å²) in [5.41, 5.74) is 0. The van der Waals surface area contributed by atoms with Crippen LogP contribution in [0.15, 0.2) is 0 Å². The van der Waals surface area contributed by atoms with E-state index in [1.807, 2.05) is 0 Å². The number of rotatable bonds is 6. The lowest BCUT2D eigenvalue weighted by Gasteiger charge is -2.14. The Bertz CT molecular complexity index is 89.9. The summed E-state index contributed by atoms with van der Waals surface area (Å²) in [6, 6.07) is 2.18. The zero-order chi connectivity index (χ0) is 8.69. The van der Waals surface area contributed by atoms with Gasteiger partial charge in [-0.2, -0.15) is 0 Å². The lowest BCUT2D eigenvalue weighted by atomic mass is 11.0. The standard InChI is InChI=1S/C6H16O2Si3/c1-5-9-7-11(6-2)8-10(3)4/h5-6H2,1-4H3. The van der Waals surface area contributed by atoms with Crippen LogP contribution in [-0.4, -0.2) is 28.1 Å². The fourth-order valence-corrected chi connectivity index (χ4v) is 5.28. The Morgan fingerprint density at radius 3 is 2.27 bits per heavy atom. The van der Waals surface area contributed by atoms with Crippen molar-refractivity contribution < 1.29 is 8.23 Å². The molecule has 0 rings (SSSR count). The van der Waals surface area contributed by atoms with E-state index in [1.165, 1.54) is 0 Å². The molecule has 0 aromatic rings. The van der Waals surface area contributed by atoms with E-state index < -0.39 is 18.3 Å². The van der Waals surface area contributed by atoms with Crippen LogP contribution in [0.3, 0.4) is 0 Å². The third kappa shape index (κ3) is 6.95. The van der Waals surface area contributed by atoms with Crippen LogP contribution in [-0.2, 0) is 8.23 Å². The van der Waals surface area contributed by atoms with E-state index in [-0.39, 0.29) is 0 Å². The first-order valence-electron chi connectivity index (χ1n) is 3.94. The molecule has 5 heteroatoms. The lowest BCUT2D eigenvalue weighted by Crippen LogP contribution is -2.28. The van der Waals surface area contributed by atoms with Gasteiger partial charge in [0.2, 0.25) is 9.76 Å². The monoisotopic (exact) mass is 204 g/mol. The van der Waals surface area contributed by atoms with Crippen LogP contribution in [0.5, 0.6) is 0 Å². The minimum atomic E-state index is -0.889. The van der Waals surface area contributed by atoms with E-state index in [4.69, 9.17) is 8.23 Å². The fraction of sp³-hybridized carbons (Fsp3) is 1.00. The van der Waals surface area contributed by atoms with Crippen molar-refractivity contribution >= 4 is 28.1 Å². The average molecular weight is 204 g/mol. The Morgan fingerprint density at radius 2 is 1.91 bits per heavy atom. The molecule has 0 aliphatic carbocycles. The quantitative estimate of drug-likeness (QED) is 0.615. The van der Waals surface area contributed by atoms with Gasteiger partial charge in [0, 0.05) is 0 Å². The van der Waals surface area contributed by atoms with Crippen molar-refractivity contribution in [3.63, 3.8) is 0 Å². The molecule has 4 radical (unpaired) electrons. The highest BCUT2D eigenvalue weighted by Crippen LogP contribution is 1.98. The Labute approximate surface area is 75.8 Å². The molecule has 0 fully saturated rings. The van der Waals surface area contributed by atoms with Gasteiger partial charge in [0.25, 0.3) is 0 Å². The molecule has 0 amide bonds. The SMILES string of the molecule is CC[Si]O[Si](CC)O[Si](C)C. The van der Waals surface area contributed by atoms with Crippen LogP contribution in [0.2, 0.25) is 25.2 Å². The van der Waals surface area contributed by atoms with Crippen molar-refractivity contribution in [3.8, 4) is 0 Å². The van der Waals surface area contributed by atoms with Crippen LogP contribution in [0.1, 0.15) is 13.8 Å². The van der Waals surface area contributed by atoms with Gasteiger partial charge in [0.05, 0.1) is 0 Å². The smallest absolute Gasteiger partial charge is 0.362 e. The van der Waals surface area contributed by atoms with Gasteiger partial charge in [-0.25, -0.2) is 0 Å². The summed E-state index contributed by atoms with van der Waals surface area (Å²) in [4.78, 5) is 0. The van der Waals surface area contributed by atoms with Gasteiger partial charge in [-0.15, -0.1) is 0 Å². The summed E-state index contributed by atoms with van der Waals surface area (Å²) in [6.45, 7) is 8.59. The Kier molecular flexibility index (Phi) is 7.61. The van der Waals surface area contributed by atoms with Crippen molar-refractivity contribution in [2.45, 2.75) is 39.0 Å². The van der Waals surface area contributed by atoms with Gasteiger partial charge in [-0.05, 0) is 25.2 Å². The highest BCUT2D eigenvalue weighted by atomic mass is 28.4. The first-order chi connectivity index (χ1) is 5.20. The molecule has 0 N–H and O–H groups in total. The Hall–Kier alpha value is 0.571. The second-order valence-corrected chi connectivity index (χ2v) is 8.23. The summed E-state index contributed by atoms with van der Waals surface area (Å²) < 4.78 is 11.3. The largest absolute Gasteiger partial charge is 0.435 e. The summed E-state index contributed by atoms with van der Waals surface area (Å²) in [6.07, 6.45) is 0. The number of hydrogen-bond acceptors (Lipinski definition) is 2. The van der Waals surface area contributed by atoms with E-state index >= 15 is 0 Å². The number of hydrogen-bond donors (Lipinski definition) is 0. The predicted octanol–water partition coefficient (Wildman–Crippen LogP) is 1.84. The fourth-order valence-electron chi connectivity index (χ4n) is 0.546. The molecule has 0 aromatic carbocycles. The molecule has 2 nitrogen and oxygen atoms in total. The van der Waals surface area contributed by atoms with Crippen molar-refractivity contribution in [1.82, 2.24) is 0 Å². The maximum atomic E-state index is 5.69. The molecule has 64 valence electrons. The van der Waals surface area contributed by atoms with Crippen molar-refractivity contribution in [2.24, 2.45) is 0 Å². The zero-order valence-electron chi connectivity index (χ0n) is 7.73. The molecular weight excluding hydrogens is 188 g/mol. The molecule has 0 saturated heterocycles. The van der Waals surface area contributed by atoms with E-state index in [1.54, 1.807) is 0 Å². The topological polar surface area (TPSA) is 18.5 Å². The zero-order valence-corrected chi connectivity index (χ0v) is 10.7. The van der Waals surface area contributed by atoms with Crippen LogP contribution >= 0.6 is 0 Å². The molecule has 0 aliphatic heterocycles. The normalized spacial score (nSPS) is 11.5. The van der Waals surface area contributed by atoms with E-state index in [0.29, 0.717) is 9.76 Å². The Morgan fingerprint density at radius 1 is 1.27 bits per heavy atom. The highest BCUT2D eigenvalue weighted by molar-refractivity contribution is 6.64. The minimum absolute atomic E-state index is 0.551. The molecular formula is C6H16O2Si3. The molecule has 0 unspecified atom stereocenters. The van der Waals surface area contributed by atoms with E-state index in [2.05, 4.69) is 26.9 Å². The molecule has 0 bridgehead atoms. The van der Waals surface area contributed by atoms with Gasteiger partial charge in [-0.1, -0.05) is 13.8 Å². The van der Waals surface area contributed by atoms with Crippen molar-refractivity contribution in [2.75, 3.05) is 0 Å².